The van der Waals surface area contributed by atoms with E-state index < -0.39 is 0 Å². The molecule has 1 aliphatic carbocycles. The van der Waals surface area contributed by atoms with Gasteiger partial charge in [-0.3, -0.25) is 9.78 Å². The molecule has 1 heterocycles. The second-order valence-electron chi connectivity index (χ2n) is 6.18. The minimum absolute atomic E-state index is 0.00146. The van der Waals surface area contributed by atoms with E-state index >= 15 is 0 Å². The number of nitrogens with zero attached hydrogens (tertiary/aromatic N) is 1. The van der Waals surface area contributed by atoms with Gasteiger partial charge < -0.3 is 15.8 Å². The highest BCUT2D eigenvalue weighted by Crippen LogP contribution is 2.28. The summed E-state index contributed by atoms with van der Waals surface area (Å²) in [7, 11) is 0. The van der Waals surface area contributed by atoms with E-state index in [-0.39, 0.29) is 17.9 Å². The SMILES string of the molecule is N[C@@H]1CC[C@H](C(=O)Nc2ccccc2OCCc2ccccn2)C1. The quantitative estimate of drug-likeness (QED) is 0.856. The average molecular weight is 325 g/mol. The van der Waals surface area contributed by atoms with Crippen LogP contribution in [0.3, 0.4) is 0 Å². The highest BCUT2D eigenvalue weighted by atomic mass is 16.5. The van der Waals surface area contributed by atoms with Crippen molar-refractivity contribution >= 4 is 11.6 Å². The van der Waals surface area contributed by atoms with E-state index in [9.17, 15) is 4.79 Å². The van der Waals surface area contributed by atoms with E-state index in [1.807, 2.05) is 42.5 Å². The molecule has 0 aliphatic heterocycles. The van der Waals surface area contributed by atoms with E-state index in [1.165, 1.54) is 0 Å². The Morgan fingerprint density at radius 1 is 1.21 bits per heavy atom. The monoisotopic (exact) mass is 325 g/mol. The Morgan fingerprint density at radius 2 is 2.04 bits per heavy atom. The fourth-order valence-corrected chi connectivity index (χ4v) is 3.00. The largest absolute Gasteiger partial charge is 0.491 e. The van der Waals surface area contributed by atoms with Crippen molar-refractivity contribution in [1.29, 1.82) is 0 Å². The van der Waals surface area contributed by atoms with Crippen molar-refractivity contribution in [1.82, 2.24) is 4.98 Å². The van der Waals surface area contributed by atoms with Gasteiger partial charge in [0.25, 0.3) is 0 Å². The lowest BCUT2D eigenvalue weighted by molar-refractivity contribution is -0.119. The lowest BCUT2D eigenvalue weighted by Crippen LogP contribution is -2.23. The van der Waals surface area contributed by atoms with Gasteiger partial charge in [-0.25, -0.2) is 0 Å². The molecule has 1 aromatic heterocycles. The Kier molecular flexibility index (Phi) is 5.43. The van der Waals surface area contributed by atoms with Crippen molar-refractivity contribution in [2.45, 2.75) is 31.7 Å². The molecule has 0 spiro atoms. The topological polar surface area (TPSA) is 77.2 Å². The molecule has 1 aromatic carbocycles. The van der Waals surface area contributed by atoms with Crippen LogP contribution in [0.25, 0.3) is 0 Å². The van der Waals surface area contributed by atoms with Crippen molar-refractivity contribution in [3.8, 4) is 5.75 Å². The van der Waals surface area contributed by atoms with Crippen LogP contribution < -0.4 is 15.8 Å². The zero-order valence-corrected chi connectivity index (χ0v) is 13.7. The second-order valence-corrected chi connectivity index (χ2v) is 6.18. The maximum Gasteiger partial charge on any atom is 0.227 e. The van der Waals surface area contributed by atoms with Crippen LogP contribution in [0.2, 0.25) is 0 Å². The van der Waals surface area contributed by atoms with Gasteiger partial charge in [-0.05, 0) is 43.5 Å². The van der Waals surface area contributed by atoms with Crippen molar-refractivity contribution < 1.29 is 9.53 Å². The first kappa shape index (κ1) is 16.5. The molecule has 1 amide bonds. The van der Waals surface area contributed by atoms with Gasteiger partial charge in [0, 0.05) is 30.3 Å². The van der Waals surface area contributed by atoms with Gasteiger partial charge in [0.15, 0.2) is 0 Å². The molecular formula is C19H23N3O2. The summed E-state index contributed by atoms with van der Waals surface area (Å²) in [5, 5.41) is 2.99. The van der Waals surface area contributed by atoms with Gasteiger partial charge in [-0.15, -0.1) is 0 Å². The van der Waals surface area contributed by atoms with E-state index in [0.29, 0.717) is 18.0 Å². The number of rotatable bonds is 6. The van der Waals surface area contributed by atoms with Gasteiger partial charge in [-0.1, -0.05) is 18.2 Å². The number of aromatic nitrogens is 1. The molecule has 2 aromatic rings. The lowest BCUT2D eigenvalue weighted by atomic mass is 10.1. The molecule has 0 saturated heterocycles. The Hall–Kier alpha value is -2.40. The number of ether oxygens (including phenoxy) is 1. The molecule has 0 bridgehead atoms. The van der Waals surface area contributed by atoms with Gasteiger partial charge in [0.1, 0.15) is 5.75 Å². The highest BCUT2D eigenvalue weighted by Gasteiger charge is 2.28. The molecule has 3 rings (SSSR count). The van der Waals surface area contributed by atoms with Gasteiger partial charge >= 0.3 is 0 Å². The molecule has 126 valence electrons. The molecule has 5 nitrogen and oxygen atoms in total. The van der Waals surface area contributed by atoms with Gasteiger partial charge in [0.05, 0.1) is 12.3 Å². The minimum atomic E-state index is 0.00146. The van der Waals surface area contributed by atoms with Crippen LogP contribution in [-0.4, -0.2) is 23.5 Å². The van der Waals surface area contributed by atoms with Crippen LogP contribution in [0.5, 0.6) is 5.75 Å². The van der Waals surface area contributed by atoms with Crippen molar-refractivity contribution in [2.75, 3.05) is 11.9 Å². The third kappa shape index (κ3) is 4.32. The number of carbonyl (C=O) groups excluding carboxylic acids is 1. The number of hydrogen-bond acceptors (Lipinski definition) is 4. The van der Waals surface area contributed by atoms with Crippen LogP contribution in [0.4, 0.5) is 5.69 Å². The normalized spacial score (nSPS) is 19.9. The third-order valence-corrected chi connectivity index (χ3v) is 4.33. The maximum atomic E-state index is 12.4. The summed E-state index contributed by atoms with van der Waals surface area (Å²) in [6.07, 6.45) is 5.03. The summed E-state index contributed by atoms with van der Waals surface area (Å²) in [6.45, 7) is 0.512. The molecule has 1 aliphatic rings. The van der Waals surface area contributed by atoms with Crippen molar-refractivity contribution in [2.24, 2.45) is 11.7 Å². The van der Waals surface area contributed by atoms with Crippen molar-refractivity contribution in [3.63, 3.8) is 0 Å². The van der Waals surface area contributed by atoms with Crippen LogP contribution in [-0.2, 0) is 11.2 Å². The van der Waals surface area contributed by atoms with Crippen LogP contribution in [0.1, 0.15) is 25.0 Å². The van der Waals surface area contributed by atoms with Crippen LogP contribution in [0, 0.1) is 5.92 Å². The molecule has 1 fully saturated rings. The number of anilines is 1. The fourth-order valence-electron chi connectivity index (χ4n) is 3.00. The van der Waals surface area contributed by atoms with Gasteiger partial charge in [-0.2, -0.15) is 0 Å². The Labute approximate surface area is 142 Å². The molecule has 0 unspecified atom stereocenters. The van der Waals surface area contributed by atoms with E-state index in [2.05, 4.69) is 10.3 Å². The van der Waals surface area contributed by atoms with Gasteiger partial charge in [0.2, 0.25) is 5.91 Å². The molecule has 1 saturated carbocycles. The summed E-state index contributed by atoms with van der Waals surface area (Å²) < 4.78 is 5.85. The highest BCUT2D eigenvalue weighted by molar-refractivity contribution is 5.94. The Balaban J connectivity index is 1.57. The average Bonchev–Trinajstić information content (AvgIpc) is 3.04. The molecular weight excluding hydrogens is 302 g/mol. The zero-order valence-electron chi connectivity index (χ0n) is 13.7. The number of carbonyl (C=O) groups is 1. The molecule has 5 heteroatoms. The smallest absolute Gasteiger partial charge is 0.227 e. The lowest BCUT2D eigenvalue weighted by Gasteiger charge is -2.15. The van der Waals surface area contributed by atoms with E-state index in [0.717, 1.165) is 31.4 Å². The maximum absolute atomic E-state index is 12.4. The number of para-hydroxylation sites is 2. The predicted molar refractivity (Wildman–Crippen MR) is 93.8 cm³/mol. The summed E-state index contributed by atoms with van der Waals surface area (Å²) >= 11 is 0. The molecule has 3 N–H and O–H groups in total. The fraction of sp³-hybridized carbons (Fsp3) is 0.368. The second kappa shape index (κ2) is 7.93. The number of nitrogens with two attached hydrogens (primary N) is 1. The first-order chi connectivity index (χ1) is 11.7. The summed E-state index contributed by atoms with van der Waals surface area (Å²) in [5.74, 6) is 0.717. The minimum Gasteiger partial charge on any atom is -0.491 e. The number of amides is 1. The standard InChI is InChI=1S/C19H23N3O2/c20-15-9-8-14(13-15)19(23)22-17-6-1-2-7-18(17)24-12-10-16-5-3-4-11-21-16/h1-7,11,14-15H,8-10,12-13,20H2,(H,22,23)/t14-,15+/m0/s1. The Morgan fingerprint density at radius 3 is 2.79 bits per heavy atom. The summed E-state index contributed by atoms with van der Waals surface area (Å²) in [5.41, 5.74) is 7.59. The summed E-state index contributed by atoms with van der Waals surface area (Å²) in [4.78, 5) is 16.7. The number of hydrogen-bond donors (Lipinski definition) is 2. The van der Waals surface area contributed by atoms with Crippen LogP contribution >= 0.6 is 0 Å². The number of nitrogens with one attached hydrogen (secondary N) is 1. The first-order valence-electron chi connectivity index (χ1n) is 8.40. The zero-order chi connectivity index (χ0) is 16.8. The number of pyridine rings is 1. The molecule has 2 atom stereocenters. The first-order valence-corrected chi connectivity index (χ1v) is 8.40. The van der Waals surface area contributed by atoms with Crippen molar-refractivity contribution in [3.05, 3.63) is 54.4 Å². The third-order valence-electron chi connectivity index (χ3n) is 4.33. The molecule has 24 heavy (non-hydrogen) atoms. The Bertz CT molecular complexity index is 675. The van der Waals surface area contributed by atoms with E-state index in [1.54, 1.807) is 6.20 Å². The van der Waals surface area contributed by atoms with E-state index in [4.69, 9.17) is 10.5 Å². The number of benzene rings is 1. The summed E-state index contributed by atoms with van der Waals surface area (Å²) in [6, 6.07) is 13.5. The molecule has 0 radical (unpaired) electrons. The predicted octanol–water partition coefficient (Wildman–Crippen LogP) is 2.77. The van der Waals surface area contributed by atoms with Crippen LogP contribution in [0.15, 0.2) is 48.7 Å².